The molecule has 0 unspecified atom stereocenters. The molecule has 0 fully saturated rings. The molecule has 0 aromatic heterocycles. The lowest BCUT2D eigenvalue weighted by molar-refractivity contribution is 0.202. The first kappa shape index (κ1) is 15.6. The van der Waals surface area contributed by atoms with Crippen molar-refractivity contribution >= 4 is 0 Å². The van der Waals surface area contributed by atoms with E-state index < -0.39 is 0 Å². The van der Waals surface area contributed by atoms with E-state index in [1.165, 1.54) is 5.56 Å². The van der Waals surface area contributed by atoms with E-state index in [1.54, 1.807) is 7.11 Å². The Hall–Kier alpha value is -1.80. The SMILES string of the molecule is CCCCc1cc(O)c(-c2ccccc2)c(CCOC)c1. The summed E-state index contributed by atoms with van der Waals surface area (Å²) in [6.07, 6.45) is 4.13. The average molecular weight is 284 g/mol. The number of phenols is 1. The zero-order valence-corrected chi connectivity index (χ0v) is 12.9. The fraction of sp³-hybridized carbons (Fsp3) is 0.368. The maximum Gasteiger partial charge on any atom is 0.123 e. The van der Waals surface area contributed by atoms with E-state index in [0.29, 0.717) is 12.4 Å². The zero-order chi connectivity index (χ0) is 15.1. The second-order valence-electron chi connectivity index (χ2n) is 5.36. The molecule has 0 heterocycles. The molecule has 21 heavy (non-hydrogen) atoms. The lowest BCUT2D eigenvalue weighted by atomic mass is 9.93. The fourth-order valence-corrected chi connectivity index (χ4v) is 2.62. The third kappa shape index (κ3) is 4.08. The number of unbranched alkanes of at least 4 members (excludes halogenated alkanes) is 1. The highest BCUT2D eigenvalue weighted by Crippen LogP contribution is 2.34. The first-order valence-corrected chi connectivity index (χ1v) is 7.65. The Bertz CT molecular complexity index is 561. The number of aromatic hydroxyl groups is 1. The largest absolute Gasteiger partial charge is 0.507 e. The number of benzene rings is 2. The molecule has 2 aromatic rings. The van der Waals surface area contributed by atoms with E-state index in [2.05, 4.69) is 13.0 Å². The summed E-state index contributed by atoms with van der Waals surface area (Å²) in [6, 6.07) is 14.2. The standard InChI is InChI=1S/C19H24O2/c1-3-4-8-15-13-17(11-12-21-2)19(18(20)14-15)16-9-6-5-7-10-16/h5-7,9-10,13-14,20H,3-4,8,11-12H2,1-2H3. The molecule has 0 saturated heterocycles. The molecule has 0 amide bonds. The Labute approximate surface area is 127 Å². The summed E-state index contributed by atoms with van der Waals surface area (Å²) in [4.78, 5) is 0. The van der Waals surface area contributed by atoms with E-state index in [1.807, 2.05) is 36.4 Å². The van der Waals surface area contributed by atoms with Crippen LogP contribution in [0.2, 0.25) is 0 Å². The molecular weight excluding hydrogens is 260 g/mol. The molecule has 0 aliphatic heterocycles. The number of ether oxygens (including phenoxy) is 1. The van der Waals surface area contributed by atoms with Crippen LogP contribution >= 0.6 is 0 Å². The summed E-state index contributed by atoms with van der Waals surface area (Å²) in [6.45, 7) is 2.85. The van der Waals surface area contributed by atoms with Crippen LogP contribution in [0.25, 0.3) is 11.1 Å². The predicted octanol–water partition coefficient (Wildman–Crippen LogP) is 4.59. The van der Waals surface area contributed by atoms with Crippen molar-refractivity contribution in [3.63, 3.8) is 0 Å². The minimum absolute atomic E-state index is 0.376. The second-order valence-corrected chi connectivity index (χ2v) is 5.36. The van der Waals surface area contributed by atoms with E-state index in [9.17, 15) is 5.11 Å². The van der Waals surface area contributed by atoms with Gasteiger partial charge in [0.05, 0.1) is 6.61 Å². The van der Waals surface area contributed by atoms with Gasteiger partial charge in [0.15, 0.2) is 0 Å². The number of methoxy groups -OCH3 is 1. The highest BCUT2D eigenvalue weighted by atomic mass is 16.5. The minimum atomic E-state index is 0.376. The van der Waals surface area contributed by atoms with Gasteiger partial charge in [0, 0.05) is 12.7 Å². The maximum absolute atomic E-state index is 10.5. The molecular formula is C19H24O2. The average Bonchev–Trinajstić information content (AvgIpc) is 2.51. The van der Waals surface area contributed by atoms with Crippen LogP contribution < -0.4 is 0 Å². The van der Waals surface area contributed by atoms with Gasteiger partial charge in [0.1, 0.15) is 5.75 Å². The first-order valence-electron chi connectivity index (χ1n) is 7.65. The lowest BCUT2D eigenvalue weighted by Crippen LogP contribution is -1.99. The molecule has 2 nitrogen and oxygen atoms in total. The van der Waals surface area contributed by atoms with Crippen LogP contribution in [0, 0.1) is 0 Å². The molecule has 0 radical (unpaired) electrons. The van der Waals surface area contributed by atoms with Gasteiger partial charge in [0.2, 0.25) is 0 Å². The van der Waals surface area contributed by atoms with Crippen molar-refractivity contribution < 1.29 is 9.84 Å². The van der Waals surface area contributed by atoms with Crippen molar-refractivity contribution in [2.45, 2.75) is 32.6 Å². The molecule has 2 heteroatoms. The van der Waals surface area contributed by atoms with Gasteiger partial charge in [-0.1, -0.05) is 49.7 Å². The molecule has 0 bridgehead atoms. The van der Waals surface area contributed by atoms with Gasteiger partial charge < -0.3 is 9.84 Å². The van der Waals surface area contributed by atoms with E-state index >= 15 is 0 Å². The van der Waals surface area contributed by atoms with Crippen LogP contribution in [0.3, 0.4) is 0 Å². The maximum atomic E-state index is 10.5. The Morgan fingerprint density at radius 1 is 1.05 bits per heavy atom. The summed E-state index contributed by atoms with van der Waals surface area (Å²) < 4.78 is 5.22. The number of hydrogen-bond donors (Lipinski definition) is 1. The molecule has 2 rings (SSSR count). The van der Waals surface area contributed by atoms with Crippen LogP contribution in [0.15, 0.2) is 42.5 Å². The van der Waals surface area contributed by atoms with Gasteiger partial charge >= 0.3 is 0 Å². The molecule has 0 aliphatic carbocycles. The van der Waals surface area contributed by atoms with Crippen molar-refractivity contribution in [2.24, 2.45) is 0 Å². The third-order valence-electron chi connectivity index (χ3n) is 3.72. The molecule has 2 aromatic carbocycles. The Balaban J connectivity index is 2.42. The van der Waals surface area contributed by atoms with Gasteiger partial charge in [-0.3, -0.25) is 0 Å². The number of hydrogen-bond acceptors (Lipinski definition) is 2. The van der Waals surface area contributed by atoms with Crippen molar-refractivity contribution in [2.75, 3.05) is 13.7 Å². The van der Waals surface area contributed by atoms with Gasteiger partial charge in [-0.25, -0.2) is 0 Å². The molecule has 0 aliphatic rings. The summed E-state index contributed by atoms with van der Waals surface area (Å²) in [5, 5.41) is 10.5. The van der Waals surface area contributed by atoms with E-state index in [4.69, 9.17) is 4.74 Å². The van der Waals surface area contributed by atoms with Crippen molar-refractivity contribution in [3.8, 4) is 16.9 Å². The summed E-state index contributed by atoms with van der Waals surface area (Å²) in [7, 11) is 1.71. The molecule has 1 N–H and O–H groups in total. The molecule has 0 spiro atoms. The number of aryl methyl sites for hydroxylation is 1. The second kappa shape index (κ2) is 7.84. The number of phenolic OH excluding ortho intramolecular Hbond substituents is 1. The molecule has 0 saturated carbocycles. The molecule has 112 valence electrons. The van der Waals surface area contributed by atoms with Gasteiger partial charge in [-0.2, -0.15) is 0 Å². The van der Waals surface area contributed by atoms with E-state index in [0.717, 1.165) is 42.4 Å². The fourth-order valence-electron chi connectivity index (χ4n) is 2.62. The quantitative estimate of drug-likeness (QED) is 0.805. The van der Waals surface area contributed by atoms with Gasteiger partial charge in [-0.05, 0) is 42.0 Å². The van der Waals surface area contributed by atoms with Crippen molar-refractivity contribution in [1.82, 2.24) is 0 Å². The lowest BCUT2D eigenvalue weighted by Gasteiger charge is -2.14. The van der Waals surface area contributed by atoms with Crippen LogP contribution in [0.5, 0.6) is 5.75 Å². The van der Waals surface area contributed by atoms with Gasteiger partial charge in [0.25, 0.3) is 0 Å². The zero-order valence-electron chi connectivity index (χ0n) is 12.9. The monoisotopic (exact) mass is 284 g/mol. The summed E-state index contributed by atoms with van der Waals surface area (Å²) in [5.41, 5.74) is 4.37. The predicted molar refractivity (Wildman–Crippen MR) is 87.7 cm³/mol. The Kier molecular flexibility index (Phi) is 5.82. The smallest absolute Gasteiger partial charge is 0.123 e. The van der Waals surface area contributed by atoms with Gasteiger partial charge in [-0.15, -0.1) is 0 Å². The topological polar surface area (TPSA) is 29.5 Å². The number of rotatable bonds is 7. The van der Waals surface area contributed by atoms with Crippen molar-refractivity contribution in [1.29, 1.82) is 0 Å². The van der Waals surface area contributed by atoms with Crippen LogP contribution in [-0.2, 0) is 17.6 Å². The van der Waals surface area contributed by atoms with E-state index in [-0.39, 0.29) is 0 Å². The Morgan fingerprint density at radius 2 is 1.81 bits per heavy atom. The van der Waals surface area contributed by atoms with Crippen molar-refractivity contribution in [3.05, 3.63) is 53.6 Å². The van der Waals surface area contributed by atoms with Crippen LogP contribution in [0.4, 0.5) is 0 Å². The highest BCUT2D eigenvalue weighted by Gasteiger charge is 2.12. The minimum Gasteiger partial charge on any atom is -0.507 e. The third-order valence-corrected chi connectivity index (χ3v) is 3.72. The first-order chi connectivity index (χ1) is 10.3. The Morgan fingerprint density at radius 3 is 2.48 bits per heavy atom. The van der Waals surface area contributed by atoms with Crippen LogP contribution in [0.1, 0.15) is 30.9 Å². The van der Waals surface area contributed by atoms with Crippen LogP contribution in [-0.4, -0.2) is 18.8 Å². The summed E-state index contributed by atoms with van der Waals surface area (Å²) >= 11 is 0. The summed E-state index contributed by atoms with van der Waals surface area (Å²) in [5.74, 6) is 0.376. The molecule has 0 atom stereocenters. The normalized spacial score (nSPS) is 10.8. The highest BCUT2D eigenvalue weighted by molar-refractivity contribution is 5.74.